The van der Waals surface area contributed by atoms with E-state index in [1.54, 1.807) is 28.8 Å². The SMILES string of the molecule is Cc1cccc(CSC2=NCCN2C(=O)c2ccc(S(=O)(=O)N3CCCC3)cc2)c1. The van der Waals surface area contributed by atoms with Gasteiger partial charge in [0.2, 0.25) is 10.0 Å². The number of carbonyl (C=O) groups is 1. The average molecular weight is 444 g/mol. The van der Waals surface area contributed by atoms with E-state index in [0.29, 0.717) is 31.7 Å². The van der Waals surface area contributed by atoms with Gasteiger partial charge < -0.3 is 0 Å². The lowest BCUT2D eigenvalue weighted by atomic mass is 10.2. The number of aliphatic imine (C=N–C) groups is 1. The summed E-state index contributed by atoms with van der Waals surface area (Å²) in [5.74, 6) is 0.602. The van der Waals surface area contributed by atoms with Gasteiger partial charge in [0.15, 0.2) is 5.17 Å². The number of hydrogen-bond acceptors (Lipinski definition) is 5. The van der Waals surface area contributed by atoms with Gasteiger partial charge in [-0.15, -0.1) is 0 Å². The van der Waals surface area contributed by atoms with E-state index in [1.165, 1.54) is 27.6 Å². The van der Waals surface area contributed by atoms with Crippen LogP contribution in [0, 0.1) is 6.92 Å². The zero-order chi connectivity index (χ0) is 21.1. The summed E-state index contributed by atoms with van der Waals surface area (Å²) in [4.78, 5) is 19.4. The number of rotatable bonds is 5. The van der Waals surface area contributed by atoms with Gasteiger partial charge in [0, 0.05) is 31.0 Å². The normalized spacial score (nSPS) is 17.4. The van der Waals surface area contributed by atoms with E-state index < -0.39 is 10.0 Å². The Labute approximate surface area is 182 Å². The van der Waals surface area contributed by atoms with Crippen LogP contribution in [-0.4, -0.2) is 54.9 Å². The van der Waals surface area contributed by atoms with Gasteiger partial charge in [0.25, 0.3) is 5.91 Å². The lowest BCUT2D eigenvalue weighted by Crippen LogP contribution is -2.33. The first-order valence-corrected chi connectivity index (χ1v) is 12.5. The molecule has 0 aromatic heterocycles. The second-order valence-electron chi connectivity index (χ2n) is 7.53. The third kappa shape index (κ3) is 4.45. The van der Waals surface area contributed by atoms with Gasteiger partial charge >= 0.3 is 0 Å². The summed E-state index contributed by atoms with van der Waals surface area (Å²) < 4.78 is 26.9. The minimum absolute atomic E-state index is 0.145. The molecule has 1 fully saturated rings. The number of hydrogen-bond donors (Lipinski definition) is 0. The predicted octanol–water partition coefficient (Wildman–Crippen LogP) is 3.52. The zero-order valence-corrected chi connectivity index (χ0v) is 18.6. The molecule has 0 aliphatic carbocycles. The maximum atomic E-state index is 13.0. The average Bonchev–Trinajstić information content (AvgIpc) is 3.44. The van der Waals surface area contributed by atoms with E-state index in [0.717, 1.165) is 23.8 Å². The van der Waals surface area contributed by atoms with Crippen LogP contribution in [0.15, 0.2) is 58.4 Å². The molecule has 2 aromatic carbocycles. The van der Waals surface area contributed by atoms with E-state index >= 15 is 0 Å². The molecule has 2 aliphatic heterocycles. The highest BCUT2D eigenvalue weighted by Gasteiger charge is 2.28. The summed E-state index contributed by atoms with van der Waals surface area (Å²) >= 11 is 1.55. The van der Waals surface area contributed by atoms with E-state index in [4.69, 9.17) is 0 Å². The van der Waals surface area contributed by atoms with Gasteiger partial charge in [-0.2, -0.15) is 4.31 Å². The predicted molar refractivity (Wildman–Crippen MR) is 120 cm³/mol. The largest absolute Gasteiger partial charge is 0.286 e. The molecule has 6 nitrogen and oxygen atoms in total. The molecule has 1 amide bonds. The van der Waals surface area contributed by atoms with Gasteiger partial charge in [-0.3, -0.25) is 14.7 Å². The molecule has 8 heteroatoms. The molecule has 0 saturated carbocycles. The van der Waals surface area contributed by atoms with E-state index in [9.17, 15) is 13.2 Å². The molecule has 30 heavy (non-hydrogen) atoms. The monoisotopic (exact) mass is 443 g/mol. The van der Waals surface area contributed by atoms with Gasteiger partial charge in [0.1, 0.15) is 0 Å². The molecule has 0 spiro atoms. The van der Waals surface area contributed by atoms with Crippen LogP contribution in [0.2, 0.25) is 0 Å². The minimum atomic E-state index is -3.47. The number of thioether (sulfide) groups is 1. The zero-order valence-electron chi connectivity index (χ0n) is 17.0. The number of benzene rings is 2. The molecule has 0 unspecified atom stereocenters. The maximum absolute atomic E-state index is 13.0. The highest BCUT2D eigenvalue weighted by molar-refractivity contribution is 8.13. The molecule has 0 atom stereocenters. The van der Waals surface area contributed by atoms with E-state index in [2.05, 4.69) is 30.1 Å². The number of amides is 1. The van der Waals surface area contributed by atoms with Crippen LogP contribution in [-0.2, 0) is 15.8 Å². The Hall–Kier alpha value is -2.16. The first kappa shape index (κ1) is 21.1. The molecular formula is C22H25N3O3S2. The summed E-state index contributed by atoms with van der Waals surface area (Å²) in [5.41, 5.74) is 2.87. The molecule has 2 heterocycles. The molecule has 1 saturated heterocycles. The number of carbonyl (C=O) groups excluding carboxylic acids is 1. The van der Waals surface area contributed by atoms with Crippen molar-refractivity contribution in [1.82, 2.24) is 9.21 Å². The van der Waals surface area contributed by atoms with Gasteiger partial charge in [-0.1, -0.05) is 41.6 Å². The van der Waals surface area contributed by atoms with Gasteiger partial charge in [-0.25, -0.2) is 8.42 Å². The second-order valence-corrected chi connectivity index (χ2v) is 10.4. The topological polar surface area (TPSA) is 70.0 Å². The smallest absolute Gasteiger partial charge is 0.259 e. The van der Waals surface area contributed by atoms with E-state index in [-0.39, 0.29) is 10.8 Å². The van der Waals surface area contributed by atoms with Crippen molar-refractivity contribution in [2.24, 2.45) is 4.99 Å². The molecule has 4 rings (SSSR count). The highest BCUT2D eigenvalue weighted by atomic mass is 32.2. The van der Waals surface area contributed by atoms with Crippen LogP contribution in [0.4, 0.5) is 0 Å². The third-order valence-electron chi connectivity index (χ3n) is 5.30. The molecule has 2 aromatic rings. The molecule has 0 radical (unpaired) electrons. The van der Waals surface area contributed by atoms with Gasteiger partial charge in [-0.05, 0) is 49.6 Å². The Bertz CT molecular complexity index is 1060. The minimum Gasteiger partial charge on any atom is -0.286 e. The molecule has 0 bridgehead atoms. The second kappa shape index (κ2) is 8.91. The quantitative estimate of drug-likeness (QED) is 0.709. The molecule has 158 valence electrons. The van der Waals surface area contributed by atoms with Crippen molar-refractivity contribution in [3.05, 3.63) is 65.2 Å². The van der Waals surface area contributed by atoms with Crippen molar-refractivity contribution in [2.75, 3.05) is 26.2 Å². The molecule has 2 aliphatic rings. The summed E-state index contributed by atoms with van der Waals surface area (Å²) in [6.07, 6.45) is 1.79. The van der Waals surface area contributed by atoms with E-state index in [1.807, 2.05) is 6.07 Å². The lowest BCUT2D eigenvalue weighted by Gasteiger charge is -2.19. The number of amidine groups is 1. The number of sulfonamides is 1. The van der Waals surface area contributed by atoms with Crippen LogP contribution in [0.1, 0.15) is 34.3 Å². The Kier molecular flexibility index (Phi) is 6.26. The number of aryl methyl sites for hydroxylation is 1. The lowest BCUT2D eigenvalue weighted by molar-refractivity contribution is 0.0860. The van der Waals surface area contributed by atoms with Crippen LogP contribution in [0.25, 0.3) is 0 Å². The Morgan fingerprint density at radius 3 is 2.50 bits per heavy atom. The van der Waals surface area contributed by atoms with Crippen molar-refractivity contribution in [3.8, 4) is 0 Å². The fraction of sp³-hybridized carbons (Fsp3) is 0.364. The van der Waals surface area contributed by atoms with Crippen molar-refractivity contribution in [3.63, 3.8) is 0 Å². The van der Waals surface area contributed by atoms with Crippen LogP contribution in [0.3, 0.4) is 0 Å². The summed E-state index contributed by atoms with van der Waals surface area (Å²) in [6, 6.07) is 14.6. The fourth-order valence-electron chi connectivity index (χ4n) is 3.69. The fourth-order valence-corrected chi connectivity index (χ4v) is 6.20. The summed E-state index contributed by atoms with van der Waals surface area (Å²) in [5, 5.41) is 0.718. The van der Waals surface area contributed by atoms with Crippen LogP contribution >= 0.6 is 11.8 Å². The summed E-state index contributed by atoms with van der Waals surface area (Å²) in [6.45, 7) is 4.32. The Morgan fingerprint density at radius 2 is 1.80 bits per heavy atom. The number of nitrogens with zero attached hydrogens (tertiary/aromatic N) is 3. The molecule has 0 N–H and O–H groups in total. The first-order chi connectivity index (χ1) is 14.4. The summed E-state index contributed by atoms with van der Waals surface area (Å²) in [7, 11) is -3.47. The Balaban J connectivity index is 1.44. The van der Waals surface area contributed by atoms with Crippen LogP contribution < -0.4 is 0 Å². The van der Waals surface area contributed by atoms with Crippen LogP contribution in [0.5, 0.6) is 0 Å². The molecular weight excluding hydrogens is 418 g/mol. The van der Waals surface area contributed by atoms with Crippen molar-refractivity contribution >= 4 is 32.9 Å². The highest BCUT2D eigenvalue weighted by Crippen LogP contribution is 2.24. The van der Waals surface area contributed by atoms with Crippen molar-refractivity contribution in [1.29, 1.82) is 0 Å². The first-order valence-electron chi connectivity index (χ1n) is 10.1. The maximum Gasteiger partial charge on any atom is 0.259 e. The van der Waals surface area contributed by atoms with Crippen molar-refractivity contribution in [2.45, 2.75) is 30.4 Å². The Morgan fingerprint density at radius 1 is 1.07 bits per heavy atom. The van der Waals surface area contributed by atoms with Gasteiger partial charge in [0.05, 0.1) is 11.4 Å². The third-order valence-corrected chi connectivity index (χ3v) is 8.30. The standard InChI is InChI=1S/C22H25N3O3S2/c1-17-5-4-6-18(15-17)16-29-22-23-11-14-25(22)21(26)19-7-9-20(10-8-19)30(27,28)24-12-2-3-13-24/h4-10,15H,2-3,11-14,16H2,1H3. The van der Waals surface area contributed by atoms with Crippen molar-refractivity contribution < 1.29 is 13.2 Å².